The lowest BCUT2D eigenvalue weighted by molar-refractivity contribution is -0.185. The molecule has 26 heavy (non-hydrogen) atoms. The summed E-state index contributed by atoms with van der Waals surface area (Å²) >= 11 is 0. The Bertz CT molecular complexity index is 741. The number of hydrogen-bond acceptors (Lipinski definition) is 1. The molecule has 0 N–H and O–H groups in total. The molecule has 1 fully saturated rings. The van der Waals surface area contributed by atoms with E-state index in [0.29, 0.717) is 24.0 Å². The lowest BCUT2D eigenvalue weighted by Gasteiger charge is -2.27. The number of alkyl halides is 2. The van der Waals surface area contributed by atoms with Gasteiger partial charge in [0.2, 0.25) is 0 Å². The Morgan fingerprint density at radius 1 is 0.885 bits per heavy atom. The molecule has 2 aromatic carbocycles. The smallest absolute Gasteiger partial charge is 0.426 e. The predicted octanol–water partition coefficient (Wildman–Crippen LogP) is 6.53. The molecule has 0 radical (unpaired) electrons. The first-order chi connectivity index (χ1) is 12.3. The number of hydrogen-bond donors (Lipinski definition) is 0. The van der Waals surface area contributed by atoms with Crippen molar-refractivity contribution in [2.45, 2.75) is 44.6 Å². The van der Waals surface area contributed by atoms with Crippen LogP contribution in [0.4, 0.5) is 22.0 Å². The van der Waals surface area contributed by atoms with Crippen LogP contribution in [0.1, 0.15) is 49.7 Å². The molecule has 0 aliphatic heterocycles. The molecule has 0 bridgehead atoms. The predicted molar refractivity (Wildman–Crippen MR) is 87.7 cm³/mol. The summed E-state index contributed by atoms with van der Waals surface area (Å²) in [6.07, 6.45) is 0.500. The highest BCUT2D eigenvalue weighted by atomic mass is 19.3. The molecule has 0 unspecified atom stereocenters. The van der Waals surface area contributed by atoms with E-state index in [4.69, 9.17) is 0 Å². The summed E-state index contributed by atoms with van der Waals surface area (Å²) in [4.78, 5) is 0. The highest BCUT2D eigenvalue weighted by molar-refractivity contribution is 5.30. The highest BCUT2D eigenvalue weighted by Gasteiger charge is 2.35. The first-order valence-electron chi connectivity index (χ1n) is 8.58. The van der Waals surface area contributed by atoms with Crippen LogP contribution in [-0.2, 0) is 6.11 Å². The average Bonchev–Trinajstić information content (AvgIpc) is 2.60. The van der Waals surface area contributed by atoms with Gasteiger partial charge in [-0.1, -0.05) is 31.9 Å². The first kappa shape index (κ1) is 18.7. The molecule has 1 saturated carbocycles. The molecule has 0 saturated heterocycles. The number of ether oxygens (including phenoxy) is 1. The monoisotopic (exact) mass is 370 g/mol. The van der Waals surface area contributed by atoms with E-state index in [1.807, 2.05) is 0 Å². The molecule has 2 aromatic rings. The SMILES string of the molecule is CC1CCC(c2ccc(C(F)(F)Oc3cc(F)c(F)c(F)c3)cc2)CC1. The van der Waals surface area contributed by atoms with Gasteiger partial charge in [0.15, 0.2) is 17.5 Å². The van der Waals surface area contributed by atoms with E-state index in [9.17, 15) is 22.0 Å². The van der Waals surface area contributed by atoms with E-state index in [1.165, 1.54) is 12.1 Å². The number of rotatable bonds is 4. The maximum atomic E-state index is 14.3. The van der Waals surface area contributed by atoms with Crippen molar-refractivity contribution in [2.75, 3.05) is 0 Å². The normalized spacial score (nSPS) is 20.8. The Hall–Kier alpha value is -2.11. The first-order valence-corrected chi connectivity index (χ1v) is 8.58. The Morgan fingerprint density at radius 3 is 1.96 bits per heavy atom. The summed E-state index contributed by atoms with van der Waals surface area (Å²) in [7, 11) is 0. The fourth-order valence-electron chi connectivity index (χ4n) is 3.34. The van der Waals surface area contributed by atoms with Crippen LogP contribution in [0.5, 0.6) is 5.75 Å². The van der Waals surface area contributed by atoms with Gasteiger partial charge in [0.25, 0.3) is 0 Å². The molecule has 6 heteroatoms. The second-order valence-corrected chi connectivity index (χ2v) is 6.90. The molecule has 0 heterocycles. The summed E-state index contributed by atoms with van der Waals surface area (Å²) < 4.78 is 72.2. The third-order valence-electron chi connectivity index (χ3n) is 4.94. The van der Waals surface area contributed by atoms with Crippen LogP contribution in [0.2, 0.25) is 0 Å². The van der Waals surface area contributed by atoms with E-state index in [-0.39, 0.29) is 0 Å². The van der Waals surface area contributed by atoms with Crippen molar-refractivity contribution >= 4 is 0 Å². The molecular formula is C20H19F5O. The third-order valence-corrected chi connectivity index (χ3v) is 4.94. The fraction of sp³-hybridized carbons (Fsp3) is 0.400. The molecular weight excluding hydrogens is 351 g/mol. The van der Waals surface area contributed by atoms with Gasteiger partial charge in [0.05, 0.1) is 5.56 Å². The molecule has 3 rings (SSSR count). The maximum absolute atomic E-state index is 14.3. The lowest BCUT2D eigenvalue weighted by atomic mass is 9.79. The topological polar surface area (TPSA) is 9.23 Å². The van der Waals surface area contributed by atoms with E-state index in [1.54, 1.807) is 12.1 Å². The van der Waals surface area contributed by atoms with Gasteiger partial charge < -0.3 is 4.74 Å². The van der Waals surface area contributed by atoms with Crippen LogP contribution in [-0.4, -0.2) is 0 Å². The van der Waals surface area contributed by atoms with E-state index < -0.39 is 34.9 Å². The fourth-order valence-corrected chi connectivity index (χ4v) is 3.34. The molecule has 0 atom stereocenters. The van der Waals surface area contributed by atoms with Crippen molar-refractivity contribution in [1.82, 2.24) is 0 Å². The van der Waals surface area contributed by atoms with Crippen molar-refractivity contribution in [3.63, 3.8) is 0 Å². The summed E-state index contributed by atoms with van der Waals surface area (Å²) in [5.74, 6) is -4.63. The largest absolute Gasteiger partial charge is 0.429 e. The van der Waals surface area contributed by atoms with Gasteiger partial charge in [-0.3, -0.25) is 0 Å². The van der Waals surface area contributed by atoms with E-state index in [2.05, 4.69) is 11.7 Å². The van der Waals surface area contributed by atoms with Gasteiger partial charge in [0.1, 0.15) is 5.75 Å². The molecule has 1 aliphatic rings. The van der Waals surface area contributed by atoms with Crippen molar-refractivity contribution in [3.8, 4) is 5.75 Å². The minimum atomic E-state index is -3.80. The Morgan fingerprint density at radius 2 is 1.42 bits per heavy atom. The van der Waals surface area contributed by atoms with Gasteiger partial charge in [0, 0.05) is 12.1 Å². The van der Waals surface area contributed by atoms with E-state index >= 15 is 0 Å². The van der Waals surface area contributed by atoms with Gasteiger partial charge in [-0.25, -0.2) is 13.2 Å². The maximum Gasteiger partial charge on any atom is 0.426 e. The quantitative estimate of drug-likeness (QED) is 0.439. The van der Waals surface area contributed by atoms with Crippen molar-refractivity contribution < 1.29 is 26.7 Å². The second kappa shape index (κ2) is 7.25. The zero-order chi connectivity index (χ0) is 18.9. The Kier molecular flexibility index (Phi) is 5.21. The summed E-state index contributed by atoms with van der Waals surface area (Å²) in [5.41, 5.74) is 0.561. The zero-order valence-electron chi connectivity index (χ0n) is 14.2. The average molecular weight is 370 g/mol. The number of halogens is 5. The van der Waals surface area contributed by atoms with Crippen molar-refractivity contribution in [3.05, 3.63) is 65.0 Å². The van der Waals surface area contributed by atoms with Crippen LogP contribution < -0.4 is 4.74 Å². The second-order valence-electron chi connectivity index (χ2n) is 6.90. The lowest BCUT2D eigenvalue weighted by Crippen LogP contribution is -2.22. The molecule has 0 spiro atoms. The van der Waals surface area contributed by atoms with E-state index in [0.717, 1.165) is 31.2 Å². The van der Waals surface area contributed by atoms with Crippen LogP contribution >= 0.6 is 0 Å². The highest BCUT2D eigenvalue weighted by Crippen LogP contribution is 2.37. The summed E-state index contributed by atoms with van der Waals surface area (Å²) in [6.45, 7) is 2.21. The molecule has 0 amide bonds. The molecule has 1 nitrogen and oxygen atoms in total. The minimum Gasteiger partial charge on any atom is -0.429 e. The third kappa shape index (κ3) is 4.00. The summed E-state index contributed by atoms with van der Waals surface area (Å²) in [5, 5.41) is 0. The van der Waals surface area contributed by atoms with Crippen LogP contribution in [0.15, 0.2) is 36.4 Å². The van der Waals surface area contributed by atoms with Crippen molar-refractivity contribution in [2.24, 2.45) is 5.92 Å². The van der Waals surface area contributed by atoms with Gasteiger partial charge in [-0.2, -0.15) is 8.78 Å². The van der Waals surface area contributed by atoms with Crippen molar-refractivity contribution in [1.29, 1.82) is 0 Å². The molecule has 0 aromatic heterocycles. The van der Waals surface area contributed by atoms with Crippen LogP contribution in [0.25, 0.3) is 0 Å². The molecule has 140 valence electrons. The minimum absolute atomic E-state index is 0.357. The van der Waals surface area contributed by atoms with Crippen LogP contribution in [0.3, 0.4) is 0 Å². The Labute approximate surface area is 148 Å². The summed E-state index contributed by atoms with van der Waals surface area (Å²) in [6, 6.07) is 6.57. The molecule has 1 aliphatic carbocycles. The Balaban J connectivity index is 1.75. The number of benzene rings is 2. The van der Waals surface area contributed by atoms with Gasteiger partial charge in [-0.05, 0) is 42.4 Å². The van der Waals surface area contributed by atoms with Gasteiger partial charge in [-0.15, -0.1) is 0 Å². The van der Waals surface area contributed by atoms with Gasteiger partial charge >= 0.3 is 6.11 Å². The standard InChI is InChI=1S/C20H19F5O/c1-12-2-4-13(5-3-12)14-6-8-15(9-7-14)20(24,25)26-16-10-17(21)19(23)18(22)11-16/h6-13H,2-5H2,1H3. The zero-order valence-corrected chi connectivity index (χ0v) is 14.2. The van der Waals surface area contributed by atoms with Crippen LogP contribution in [0, 0.1) is 23.4 Å².